The molecule has 0 spiro atoms. The van der Waals surface area contributed by atoms with Crippen molar-refractivity contribution >= 4 is 7.32 Å². The summed E-state index contributed by atoms with van der Waals surface area (Å²) >= 11 is 0. The lowest BCUT2D eigenvalue weighted by Crippen LogP contribution is -2.23. The third kappa shape index (κ3) is 7.12. The molecule has 0 aliphatic heterocycles. The second-order valence-electron chi connectivity index (χ2n) is 3.74. The van der Waals surface area contributed by atoms with Crippen LogP contribution in [0.5, 0.6) is 5.75 Å². The zero-order valence-corrected chi connectivity index (χ0v) is 12.4. The van der Waals surface area contributed by atoms with Crippen LogP contribution in [0.2, 0.25) is 0 Å². The fraction of sp³-hybridized carbons (Fsp3) is 0.500. The van der Waals surface area contributed by atoms with Gasteiger partial charge in [0.05, 0.1) is 13.2 Å². The van der Waals surface area contributed by atoms with Crippen LogP contribution in [0.1, 0.15) is 13.8 Å². The Morgan fingerprint density at radius 2 is 1.09 bits per heavy atom. The fourth-order valence-corrected chi connectivity index (χ4v) is 1.20. The number of rotatable bonds is 7. The summed E-state index contributed by atoms with van der Waals surface area (Å²) < 4.78 is 76.3. The molecule has 0 atom stereocenters. The summed E-state index contributed by atoms with van der Waals surface area (Å²) in [5.74, 6) is -13.1. The molecule has 0 aliphatic carbocycles. The highest BCUT2D eigenvalue weighted by Gasteiger charge is 2.29. The van der Waals surface area contributed by atoms with Gasteiger partial charge in [-0.25, -0.2) is 13.2 Å². The van der Waals surface area contributed by atoms with Gasteiger partial charge in [0, 0.05) is 13.2 Å². The molecule has 0 unspecified atom stereocenters. The molecule has 5 nitrogen and oxygen atoms in total. The summed E-state index contributed by atoms with van der Waals surface area (Å²) in [4.78, 5) is 0. The van der Waals surface area contributed by atoms with Crippen molar-refractivity contribution in [1.82, 2.24) is 0 Å². The second kappa shape index (κ2) is 11.2. The summed E-state index contributed by atoms with van der Waals surface area (Å²) in [5, 5.41) is 16.3. The second-order valence-corrected chi connectivity index (χ2v) is 3.74. The average molecular weight is 346 g/mol. The molecule has 0 saturated heterocycles. The fourth-order valence-electron chi connectivity index (χ4n) is 1.20. The zero-order valence-electron chi connectivity index (χ0n) is 12.4. The molecule has 0 bridgehead atoms. The number of ether oxygens (including phenoxy) is 2. The monoisotopic (exact) mass is 346 g/mol. The van der Waals surface area contributed by atoms with Gasteiger partial charge >= 0.3 is 7.32 Å². The predicted octanol–water partition coefficient (Wildman–Crippen LogP) is 1.79. The van der Waals surface area contributed by atoms with Gasteiger partial charge in [0.15, 0.2) is 5.75 Å². The quantitative estimate of drug-likeness (QED) is 0.259. The number of halogens is 5. The average Bonchev–Trinajstić information content (AvgIpc) is 2.52. The molecule has 2 N–H and O–H groups in total. The lowest BCUT2D eigenvalue weighted by molar-refractivity contribution is 0.0584. The summed E-state index contributed by atoms with van der Waals surface area (Å²) in [5.41, 5.74) is 0. The van der Waals surface area contributed by atoms with Gasteiger partial charge in [0.2, 0.25) is 29.1 Å². The van der Waals surface area contributed by atoms with Crippen LogP contribution in [-0.2, 0) is 9.47 Å². The van der Waals surface area contributed by atoms with E-state index in [2.05, 4.69) is 4.65 Å². The predicted molar refractivity (Wildman–Crippen MR) is 70.0 cm³/mol. The van der Waals surface area contributed by atoms with Crippen molar-refractivity contribution < 1.29 is 46.1 Å². The molecule has 132 valence electrons. The molecular formula is C12H16BF5O5. The number of hydrogen-bond acceptors (Lipinski definition) is 5. The van der Waals surface area contributed by atoms with Gasteiger partial charge in [-0.05, 0) is 13.8 Å². The van der Waals surface area contributed by atoms with E-state index in [0.29, 0.717) is 0 Å². The third-order valence-electron chi connectivity index (χ3n) is 2.17. The Bertz CT molecular complexity index is 454. The third-order valence-corrected chi connectivity index (χ3v) is 2.17. The Morgan fingerprint density at radius 3 is 1.39 bits per heavy atom. The lowest BCUT2D eigenvalue weighted by atomic mass is 10.2. The smallest absolute Gasteiger partial charge is 0.507 e. The molecule has 11 heteroatoms. The summed E-state index contributed by atoms with van der Waals surface area (Å²) in [6, 6.07) is 0. The zero-order chi connectivity index (χ0) is 18.0. The molecule has 0 heterocycles. The van der Waals surface area contributed by atoms with E-state index in [0.717, 1.165) is 26.4 Å². The van der Waals surface area contributed by atoms with Crippen molar-refractivity contribution in [2.24, 2.45) is 0 Å². The minimum Gasteiger partial charge on any atom is -0.507 e. The maximum atomic E-state index is 12.7. The first-order valence-corrected chi connectivity index (χ1v) is 6.47. The van der Waals surface area contributed by atoms with Crippen molar-refractivity contribution in [3.63, 3.8) is 0 Å². The van der Waals surface area contributed by atoms with Crippen LogP contribution in [0, 0.1) is 29.1 Å². The summed E-state index contributed by atoms with van der Waals surface area (Å²) in [6.07, 6.45) is 0. The van der Waals surface area contributed by atoms with Gasteiger partial charge in [-0.3, -0.25) is 0 Å². The molecule has 0 radical (unpaired) electrons. The minimum atomic E-state index is -2.70. The van der Waals surface area contributed by atoms with E-state index in [9.17, 15) is 22.0 Å². The summed E-state index contributed by atoms with van der Waals surface area (Å²) in [7, 11) is -2.70. The largest absolute Gasteiger partial charge is 0.707 e. The van der Waals surface area contributed by atoms with Crippen LogP contribution in [0.4, 0.5) is 22.0 Å². The molecule has 0 aliphatic rings. The maximum absolute atomic E-state index is 12.7. The van der Waals surface area contributed by atoms with Gasteiger partial charge in [-0.1, -0.05) is 0 Å². The van der Waals surface area contributed by atoms with Gasteiger partial charge < -0.3 is 24.2 Å². The molecule has 1 aromatic carbocycles. The van der Waals surface area contributed by atoms with Crippen LogP contribution in [-0.4, -0.2) is 43.8 Å². The van der Waals surface area contributed by atoms with Crippen LogP contribution >= 0.6 is 0 Å². The van der Waals surface area contributed by atoms with E-state index >= 15 is 0 Å². The van der Waals surface area contributed by atoms with Gasteiger partial charge in [0.1, 0.15) is 0 Å². The Labute approximate surface area is 129 Å². The topological polar surface area (TPSA) is 68.2 Å². The Morgan fingerprint density at radius 1 is 0.739 bits per heavy atom. The minimum absolute atomic E-state index is 0.727. The molecule has 1 rings (SSSR count). The van der Waals surface area contributed by atoms with Gasteiger partial charge in [-0.15, -0.1) is 0 Å². The van der Waals surface area contributed by atoms with Crippen LogP contribution in [0.25, 0.3) is 0 Å². The van der Waals surface area contributed by atoms with E-state index in [1.807, 2.05) is 13.8 Å². The summed E-state index contributed by atoms with van der Waals surface area (Å²) in [6.45, 7) is 6.98. The molecule has 0 amide bonds. The van der Waals surface area contributed by atoms with E-state index in [1.165, 1.54) is 0 Å². The Hall–Kier alpha value is -1.43. The van der Waals surface area contributed by atoms with Crippen LogP contribution < -0.4 is 4.65 Å². The normalized spacial score (nSPS) is 10.1. The van der Waals surface area contributed by atoms with E-state index in [1.54, 1.807) is 0 Å². The SMILES string of the molecule is CCOCCOCC.OB(O)Oc1c(F)c(F)c(F)c(F)c1F. The molecule has 0 aromatic heterocycles. The lowest BCUT2D eigenvalue weighted by Gasteiger charge is -2.08. The maximum Gasteiger partial charge on any atom is 0.707 e. The van der Waals surface area contributed by atoms with Crippen molar-refractivity contribution in [3.8, 4) is 5.75 Å². The Balaban J connectivity index is 0.000000515. The standard InChI is InChI=1S/C6H2BF5O3.C6H14O2/c8-1-2(9)4(11)6(15-7(13)14)5(12)3(1)10;1-3-7-5-6-8-4-2/h13-14H;3-6H2,1-2H3. The highest BCUT2D eigenvalue weighted by atomic mass is 19.2. The van der Waals surface area contributed by atoms with Crippen LogP contribution in [0.15, 0.2) is 0 Å². The first kappa shape index (κ1) is 21.6. The number of hydrogen-bond donors (Lipinski definition) is 2. The molecule has 0 fully saturated rings. The van der Waals surface area contributed by atoms with Gasteiger partial charge in [-0.2, -0.15) is 8.78 Å². The van der Waals surface area contributed by atoms with Gasteiger partial charge in [0.25, 0.3) is 0 Å². The molecule has 1 aromatic rings. The number of benzene rings is 1. The van der Waals surface area contributed by atoms with Crippen LogP contribution in [0.3, 0.4) is 0 Å². The molecular weight excluding hydrogens is 330 g/mol. The first-order chi connectivity index (χ1) is 10.8. The molecule has 0 saturated carbocycles. The van der Waals surface area contributed by atoms with Crippen molar-refractivity contribution in [2.75, 3.05) is 26.4 Å². The highest BCUT2D eigenvalue weighted by molar-refractivity contribution is 6.33. The highest BCUT2D eigenvalue weighted by Crippen LogP contribution is 2.28. The Kier molecular flexibility index (Phi) is 10.5. The van der Waals surface area contributed by atoms with Crippen molar-refractivity contribution in [3.05, 3.63) is 29.1 Å². The van der Waals surface area contributed by atoms with E-state index < -0.39 is 42.2 Å². The molecule has 23 heavy (non-hydrogen) atoms. The first-order valence-electron chi connectivity index (χ1n) is 6.47. The van der Waals surface area contributed by atoms with Crippen molar-refractivity contribution in [2.45, 2.75) is 13.8 Å². The van der Waals surface area contributed by atoms with E-state index in [4.69, 9.17) is 19.5 Å². The van der Waals surface area contributed by atoms with E-state index in [-0.39, 0.29) is 0 Å². The van der Waals surface area contributed by atoms with Crippen molar-refractivity contribution in [1.29, 1.82) is 0 Å².